The molecule has 0 aliphatic heterocycles. The Bertz CT molecular complexity index is 587. The number of carbonyl (C=O) groups excluding carboxylic acids is 1. The highest BCUT2D eigenvalue weighted by atomic mass is 32.2. The van der Waals surface area contributed by atoms with E-state index in [1.807, 2.05) is 17.8 Å². The molecule has 0 atom stereocenters. The van der Waals surface area contributed by atoms with Crippen LogP contribution in [0.1, 0.15) is 31.2 Å². The average molecular weight is 315 g/mol. The second-order valence-corrected chi connectivity index (χ2v) is 6.36. The number of thioether (sulfide) groups is 1. The van der Waals surface area contributed by atoms with Gasteiger partial charge in [0.25, 0.3) is 0 Å². The van der Waals surface area contributed by atoms with Gasteiger partial charge in [0.05, 0.1) is 6.20 Å². The number of carbonyl (C=O) groups is 1. The minimum absolute atomic E-state index is 0.107. The molecule has 22 heavy (non-hydrogen) atoms. The number of pyridine rings is 1. The van der Waals surface area contributed by atoms with Crippen LogP contribution in [0.3, 0.4) is 0 Å². The van der Waals surface area contributed by atoms with Crippen molar-refractivity contribution in [1.82, 2.24) is 4.98 Å². The fourth-order valence-corrected chi connectivity index (χ4v) is 3.11. The Kier molecular flexibility index (Phi) is 6.97. The summed E-state index contributed by atoms with van der Waals surface area (Å²) in [5, 5.41) is 9.59. The molecule has 0 saturated carbocycles. The number of rotatable bonds is 9. The number of hydrogen-bond donors (Lipinski definition) is 1. The van der Waals surface area contributed by atoms with Crippen molar-refractivity contribution in [2.24, 2.45) is 0 Å². The third-order valence-electron chi connectivity index (χ3n) is 3.39. The van der Waals surface area contributed by atoms with Crippen molar-refractivity contribution < 1.29 is 9.90 Å². The molecule has 0 saturated heterocycles. The fraction of sp³-hybridized carbons (Fsp3) is 0.333. The van der Waals surface area contributed by atoms with Gasteiger partial charge in [-0.3, -0.25) is 9.78 Å². The van der Waals surface area contributed by atoms with Crippen LogP contribution in [-0.2, 0) is 11.2 Å². The van der Waals surface area contributed by atoms with Crippen LogP contribution in [0, 0.1) is 0 Å². The lowest BCUT2D eigenvalue weighted by Crippen LogP contribution is -2.03. The maximum Gasteiger partial charge on any atom is 0.137 e. The predicted octanol–water partition coefficient (Wildman–Crippen LogP) is 4.25. The van der Waals surface area contributed by atoms with Crippen molar-refractivity contribution in [2.75, 3.05) is 5.75 Å². The maximum absolute atomic E-state index is 11.9. The average Bonchev–Trinajstić information content (AvgIpc) is 2.54. The quantitative estimate of drug-likeness (QED) is 0.555. The normalized spacial score (nSPS) is 10.5. The van der Waals surface area contributed by atoms with E-state index in [1.165, 1.54) is 11.1 Å². The number of benzene rings is 1. The summed E-state index contributed by atoms with van der Waals surface area (Å²) in [6.07, 6.45) is 6.96. The molecule has 2 rings (SSSR count). The van der Waals surface area contributed by atoms with E-state index in [1.54, 1.807) is 12.3 Å². The first-order chi connectivity index (χ1) is 10.8. The molecule has 0 bridgehead atoms. The third kappa shape index (κ3) is 5.90. The SMILES string of the molecule is O=C(CCCCCSc1ccccc1)Cc1ccncc1O. The summed E-state index contributed by atoms with van der Waals surface area (Å²) in [7, 11) is 0. The van der Waals surface area contributed by atoms with Crippen LogP contribution in [0.2, 0.25) is 0 Å². The minimum atomic E-state index is 0.107. The van der Waals surface area contributed by atoms with Gasteiger partial charge in [-0.05, 0) is 36.8 Å². The summed E-state index contributed by atoms with van der Waals surface area (Å²) >= 11 is 1.86. The third-order valence-corrected chi connectivity index (χ3v) is 4.49. The highest BCUT2D eigenvalue weighted by Crippen LogP contribution is 2.19. The standard InChI is InChI=1S/C18H21NO2S/c20-16(13-15-10-11-19-14-18(15)21)7-3-2-6-12-22-17-8-4-1-5-9-17/h1,4-5,8-11,14,21H,2-3,6-7,12-13H2. The van der Waals surface area contributed by atoms with Crippen LogP contribution in [0.4, 0.5) is 0 Å². The highest BCUT2D eigenvalue weighted by Gasteiger charge is 2.07. The number of aromatic hydroxyl groups is 1. The smallest absolute Gasteiger partial charge is 0.137 e. The molecule has 0 aliphatic carbocycles. The lowest BCUT2D eigenvalue weighted by Gasteiger charge is -2.04. The molecular formula is C18H21NO2S. The van der Waals surface area contributed by atoms with Gasteiger partial charge in [0.2, 0.25) is 0 Å². The van der Waals surface area contributed by atoms with E-state index >= 15 is 0 Å². The van der Waals surface area contributed by atoms with Gasteiger partial charge in [0.1, 0.15) is 11.5 Å². The molecule has 2 aromatic rings. The van der Waals surface area contributed by atoms with Gasteiger partial charge in [-0.2, -0.15) is 0 Å². The topological polar surface area (TPSA) is 50.2 Å². The van der Waals surface area contributed by atoms with Crippen LogP contribution < -0.4 is 0 Å². The molecule has 4 heteroatoms. The summed E-state index contributed by atoms with van der Waals surface area (Å²) in [6, 6.07) is 12.1. The van der Waals surface area contributed by atoms with E-state index < -0.39 is 0 Å². The van der Waals surface area contributed by atoms with Gasteiger partial charge in [-0.1, -0.05) is 24.6 Å². The summed E-state index contributed by atoms with van der Waals surface area (Å²) in [5.74, 6) is 1.37. The first kappa shape index (κ1) is 16.6. The van der Waals surface area contributed by atoms with E-state index in [9.17, 15) is 9.90 Å². The Morgan fingerprint density at radius 2 is 1.91 bits per heavy atom. The van der Waals surface area contributed by atoms with Gasteiger partial charge in [-0.15, -0.1) is 11.8 Å². The zero-order valence-electron chi connectivity index (χ0n) is 12.6. The van der Waals surface area contributed by atoms with Crippen LogP contribution in [0.25, 0.3) is 0 Å². The summed E-state index contributed by atoms with van der Waals surface area (Å²) < 4.78 is 0. The van der Waals surface area contributed by atoms with Crippen LogP contribution >= 0.6 is 11.8 Å². The second kappa shape index (κ2) is 9.26. The monoisotopic (exact) mass is 315 g/mol. The summed E-state index contributed by atoms with van der Waals surface area (Å²) in [5.41, 5.74) is 0.666. The molecule has 1 heterocycles. The van der Waals surface area contributed by atoms with Crippen LogP contribution in [-0.4, -0.2) is 21.6 Å². The number of Topliss-reactive ketones (excluding diaryl/α,β-unsaturated/α-hetero) is 1. The molecule has 0 fully saturated rings. The van der Waals surface area contributed by atoms with E-state index in [0.717, 1.165) is 25.0 Å². The molecule has 0 unspecified atom stereocenters. The molecule has 116 valence electrons. The van der Waals surface area contributed by atoms with Crippen molar-refractivity contribution in [3.05, 3.63) is 54.4 Å². The van der Waals surface area contributed by atoms with Crippen LogP contribution in [0.15, 0.2) is 53.7 Å². The van der Waals surface area contributed by atoms with Crippen molar-refractivity contribution in [2.45, 2.75) is 37.0 Å². The Morgan fingerprint density at radius 1 is 1.09 bits per heavy atom. The van der Waals surface area contributed by atoms with Crippen molar-refractivity contribution in [1.29, 1.82) is 0 Å². The largest absolute Gasteiger partial charge is 0.506 e. The number of unbranched alkanes of at least 4 members (excludes halogenated alkanes) is 2. The predicted molar refractivity (Wildman–Crippen MR) is 90.2 cm³/mol. The van der Waals surface area contributed by atoms with E-state index in [2.05, 4.69) is 29.2 Å². The first-order valence-corrected chi connectivity index (χ1v) is 8.55. The summed E-state index contributed by atoms with van der Waals surface area (Å²) in [4.78, 5) is 17.0. The van der Waals surface area contributed by atoms with Crippen LogP contribution in [0.5, 0.6) is 5.75 Å². The Balaban J connectivity index is 1.57. The molecule has 1 aromatic carbocycles. The minimum Gasteiger partial charge on any atom is -0.506 e. The van der Waals surface area contributed by atoms with Gasteiger partial charge >= 0.3 is 0 Å². The van der Waals surface area contributed by atoms with E-state index in [0.29, 0.717) is 18.4 Å². The van der Waals surface area contributed by atoms with E-state index in [-0.39, 0.29) is 11.5 Å². The Morgan fingerprint density at radius 3 is 2.68 bits per heavy atom. The first-order valence-electron chi connectivity index (χ1n) is 7.57. The molecule has 1 N–H and O–H groups in total. The van der Waals surface area contributed by atoms with Crippen molar-refractivity contribution in [3.63, 3.8) is 0 Å². The molecule has 0 amide bonds. The van der Waals surface area contributed by atoms with Crippen molar-refractivity contribution >= 4 is 17.5 Å². The van der Waals surface area contributed by atoms with Gasteiger partial charge < -0.3 is 5.11 Å². The number of ketones is 1. The zero-order valence-corrected chi connectivity index (χ0v) is 13.4. The number of nitrogens with zero attached hydrogens (tertiary/aromatic N) is 1. The molecule has 0 aliphatic rings. The lowest BCUT2D eigenvalue weighted by atomic mass is 10.0. The van der Waals surface area contributed by atoms with Crippen molar-refractivity contribution in [3.8, 4) is 5.75 Å². The molecule has 0 spiro atoms. The lowest BCUT2D eigenvalue weighted by molar-refractivity contribution is -0.118. The Hall–Kier alpha value is -1.81. The summed E-state index contributed by atoms with van der Waals surface area (Å²) in [6.45, 7) is 0. The van der Waals surface area contributed by atoms with E-state index in [4.69, 9.17) is 0 Å². The van der Waals surface area contributed by atoms with Gasteiger partial charge in [0, 0.05) is 29.5 Å². The fourth-order valence-electron chi connectivity index (χ4n) is 2.17. The molecule has 3 nitrogen and oxygen atoms in total. The zero-order chi connectivity index (χ0) is 15.6. The highest BCUT2D eigenvalue weighted by molar-refractivity contribution is 7.99. The Labute approximate surface area is 135 Å². The van der Waals surface area contributed by atoms with Gasteiger partial charge in [-0.25, -0.2) is 0 Å². The second-order valence-electron chi connectivity index (χ2n) is 5.19. The molecule has 1 aromatic heterocycles. The maximum atomic E-state index is 11.9. The molecular weight excluding hydrogens is 294 g/mol. The number of aromatic nitrogens is 1. The van der Waals surface area contributed by atoms with Gasteiger partial charge in [0.15, 0.2) is 0 Å². The number of hydrogen-bond acceptors (Lipinski definition) is 4. The molecule has 0 radical (unpaired) electrons.